The van der Waals surface area contributed by atoms with Crippen molar-refractivity contribution in [1.29, 1.82) is 0 Å². The highest BCUT2D eigenvalue weighted by molar-refractivity contribution is 6.37. The van der Waals surface area contributed by atoms with Crippen LogP contribution in [0.2, 0.25) is 0 Å². The quantitative estimate of drug-likeness (QED) is 0.496. The van der Waals surface area contributed by atoms with Crippen LogP contribution in [-0.2, 0) is 20.8 Å². The first kappa shape index (κ1) is 21.8. The predicted octanol–water partition coefficient (Wildman–Crippen LogP) is 0.652. The Labute approximate surface area is 153 Å². The van der Waals surface area contributed by atoms with Crippen molar-refractivity contribution in [2.75, 3.05) is 20.3 Å². The molecule has 3 N–H and O–H groups in total. The van der Waals surface area contributed by atoms with Gasteiger partial charge in [0.05, 0.1) is 13.7 Å². The summed E-state index contributed by atoms with van der Waals surface area (Å²) in [7, 11) is 1.56. The molecule has 0 heterocycles. The molecule has 1 aromatic carbocycles. The second-order valence-corrected chi connectivity index (χ2v) is 6.79. The monoisotopic (exact) mass is 365 g/mol. The molecule has 26 heavy (non-hydrogen) atoms. The van der Waals surface area contributed by atoms with E-state index in [9.17, 15) is 19.5 Å². The molecule has 0 saturated carbocycles. The van der Waals surface area contributed by atoms with E-state index in [0.717, 1.165) is 5.56 Å². The molecule has 1 atom stereocenters. The minimum atomic E-state index is -1.40. The average Bonchev–Trinajstić information content (AvgIpc) is 2.65. The molecule has 1 aromatic rings. The van der Waals surface area contributed by atoms with Crippen molar-refractivity contribution < 1.29 is 29.3 Å². The summed E-state index contributed by atoms with van der Waals surface area (Å²) in [4.78, 5) is 35.6. The van der Waals surface area contributed by atoms with Crippen LogP contribution in [-0.4, -0.2) is 54.1 Å². The van der Waals surface area contributed by atoms with Gasteiger partial charge in [-0.1, -0.05) is 26.0 Å². The van der Waals surface area contributed by atoms with Gasteiger partial charge in [-0.05, 0) is 24.1 Å². The molecule has 0 fully saturated rings. The Hall–Kier alpha value is -2.25. The number of ketones is 2. The van der Waals surface area contributed by atoms with E-state index in [1.807, 2.05) is 18.2 Å². The molecule has 7 nitrogen and oxygen atoms in total. The van der Waals surface area contributed by atoms with Gasteiger partial charge in [-0.3, -0.25) is 14.4 Å². The molecule has 0 aromatic heterocycles. The lowest BCUT2D eigenvalue weighted by Crippen LogP contribution is -2.46. The highest BCUT2D eigenvalue weighted by atomic mass is 16.5. The number of carbonyl (C=O) groups excluding carboxylic acids is 3. The summed E-state index contributed by atoms with van der Waals surface area (Å²) >= 11 is 0. The third-order valence-corrected chi connectivity index (χ3v) is 4.13. The average molecular weight is 365 g/mol. The van der Waals surface area contributed by atoms with Crippen LogP contribution in [0.5, 0.6) is 5.75 Å². The third-order valence-electron chi connectivity index (χ3n) is 4.13. The fraction of sp³-hybridized carbons (Fsp3) is 0.526. The number of aryl methyl sites for hydroxylation is 1. The Morgan fingerprint density at radius 1 is 1.19 bits per heavy atom. The Kier molecular flexibility index (Phi) is 8.41. The number of Topliss-reactive ketones (excluding diaryl/α,β-unsaturated/α-hetero) is 2. The number of rotatable bonds is 11. The number of ether oxygens (including phenoxy) is 1. The summed E-state index contributed by atoms with van der Waals surface area (Å²) < 4.78 is 5.11. The highest BCUT2D eigenvalue weighted by Crippen LogP contribution is 2.19. The topological polar surface area (TPSA) is 113 Å². The van der Waals surface area contributed by atoms with E-state index in [1.165, 1.54) is 0 Å². The van der Waals surface area contributed by atoms with Crippen LogP contribution in [0.1, 0.15) is 32.3 Å². The molecule has 1 rings (SSSR count). The summed E-state index contributed by atoms with van der Waals surface area (Å²) in [6.07, 6.45) is -1.02. The second kappa shape index (κ2) is 10.0. The molecule has 0 aliphatic rings. The van der Waals surface area contributed by atoms with E-state index < -0.39 is 29.0 Å². The Balaban J connectivity index is 2.38. The molecule has 0 radical (unpaired) electrons. The summed E-state index contributed by atoms with van der Waals surface area (Å²) in [6, 6.07) is 7.27. The van der Waals surface area contributed by atoms with Gasteiger partial charge in [0.2, 0.25) is 5.91 Å². The zero-order valence-corrected chi connectivity index (χ0v) is 15.4. The van der Waals surface area contributed by atoms with E-state index >= 15 is 0 Å². The van der Waals surface area contributed by atoms with Gasteiger partial charge >= 0.3 is 0 Å². The van der Waals surface area contributed by atoms with Gasteiger partial charge in [0.25, 0.3) is 0 Å². The largest absolute Gasteiger partial charge is 0.497 e. The van der Waals surface area contributed by atoms with Gasteiger partial charge in [-0.2, -0.15) is 0 Å². The van der Waals surface area contributed by atoms with Crippen LogP contribution >= 0.6 is 0 Å². The molecule has 0 aliphatic heterocycles. The molecule has 1 amide bonds. The molecule has 0 unspecified atom stereocenters. The first-order valence-corrected chi connectivity index (χ1v) is 8.47. The zero-order valence-electron chi connectivity index (χ0n) is 15.4. The van der Waals surface area contributed by atoms with Crippen molar-refractivity contribution in [3.05, 3.63) is 29.8 Å². The standard InChI is InChI=1S/C19H27NO6/c1-19(2,12-21)17(24)18(25)20-10-9-16(23)15(22)8-7-13-5-4-6-14(11-13)26-3/h4-6,11,17,21,24H,7-10,12H2,1-3H3,(H,20,25)/t17-/m0/s1. The van der Waals surface area contributed by atoms with Gasteiger partial charge < -0.3 is 20.3 Å². The van der Waals surface area contributed by atoms with Crippen molar-refractivity contribution >= 4 is 17.5 Å². The number of hydrogen-bond donors (Lipinski definition) is 3. The van der Waals surface area contributed by atoms with E-state index in [-0.39, 0.29) is 26.0 Å². The van der Waals surface area contributed by atoms with Crippen molar-refractivity contribution in [2.24, 2.45) is 5.41 Å². The number of aliphatic hydroxyl groups excluding tert-OH is 2. The van der Waals surface area contributed by atoms with Crippen LogP contribution in [0, 0.1) is 5.41 Å². The summed E-state index contributed by atoms with van der Waals surface area (Å²) in [5.41, 5.74) is -0.0890. The van der Waals surface area contributed by atoms with Crippen LogP contribution in [0.3, 0.4) is 0 Å². The number of amides is 1. The first-order chi connectivity index (χ1) is 12.2. The van der Waals surface area contributed by atoms with Gasteiger partial charge in [-0.25, -0.2) is 0 Å². The van der Waals surface area contributed by atoms with E-state index in [0.29, 0.717) is 12.2 Å². The Morgan fingerprint density at radius 2 is 1.85 bits per heavy atom. The molecular weight excluding hydrogens is 338 g/mol. The number of carbonyl (C=O) groups is 3. The summed E-state index contributed by atoms with van der Waals surface area (Å²) in [5, 5.41) is 21.4. The van der Waals surface area contributed by atoms with E-state index in [2.05, 4.69) is 5.32 Å². The lowest BCUT2D eigenvalue weighted by Gasteiger charge is -2.27. The van der Waals surface area contributed by atoms with Gasteiger partial charge in [0.15, 0.2) is 11.6 Å². The Bertz CT molecular complexity index is 641. The van der Waals surface area contributed by atoms with E-state index in [1.54, 1.807) is 27.0 Å². The smallest absolute Gasteiger partial charge is 0.249 e. The minimum absolute atomic E-state index is 0.0405. The maximum atomic E-state index is 11.9. The number of methoxy groups -OCH3 is 1. The van der Waals surface area contributed by atoms with Crippen molar-refractivity contribution in [1.82, 2.24) is 5.32 Å². The molecule has 0 bridgehead atoms. The lowest BCUT2D eigenvalue weighted by molar-refractivity contribution is -0.138. The van der Waals surface area contributed by atoms with Crippen molar-refractivity contribution in [3.8, 4) is 5.75 Å². The van der Waals surface area contributed by atoms with Crippen LogP contribution in [0.15, 0.2) is 24.3 Å². The predicted molar refractivity (Wildman–Crippen MR) is 95.8 cm³/mol. The molecule has 0 saturated heterocycles. The lowest BCUT2D eigenvalue weighted by atomic mass is 9.87. The first-order valence-electron chi connectivity index (χ1n) is 8.47. The number of benzene rings is 1. The fourth-order valence-corrected chi connectivity index (χ4v) is 2.20. The number of aliphatic hydroxyl groups is 2. The highest BCUT2D eigenvalue weighted by Gasteiger charge is 2.32. The molecule has 144 valence electrons. The fourth-order valence-electron chi connectivity index (χ4n) is 2.20. The van der Waals surface area contributed by atoms with Crippen LogP contribution in [0.25, 0.3) is 0 Å². The summed E-state index contributed by atoms with van der Waals surface area (Å²) in [5.74, 6) is -1.06. The van der Waals surface area contributed by atoms with E-state index in [4.69, 9.17) is 9.84 Å². The van der Waals surface area contributed by atoms with Crippen molar-refractivity contribution in [2.45, 2.75) is 39.2 Å². The molecular formula is C19H27NO6. The Morgan fingerprint density at radius 3 is 2.46 bits per heavy atom. The maximum Gasteiger partial charge on any atom is 0.249 e. The van der Waals surface area contributed by atoms with Crippen LogP contribution < -0.4 is 10.1 Å². The second-order valence-electron chi connectivity index (χ2n) is 6.79. The van der Waals surface area contributed by atoms with Gasteiger partial charge in [-0.15, -0.1) is 0 Å². The normalized spacial score (nSPS) is 12.3. The zero-order chi connectivity index (χ0) is 19.7. The number of nitrogens with one attached hydrogen (secondary N) is 1. The SMILES string of the molecule is COc1cccc(CCC(=O)C(=O)CCNC(=O)[C@H](O)C(C)(C)CO)c1. The van der Waals surface area contributed by atoms with Crippen molar-refractivity contribution in [3.63, 3.8) is 0 Å². The summed E-state index contributed by atoms with van der Waals surface area (Å²) in [6.45, 7) is 2.69. The number of hydrogen-bond acceptors (Lipinski definition) is 6. The van der Waals surface area contributed by atoms with Crippen LogP contribution in [0.4, 0.5) is 0 Å². The molecule has 0 spiro atoms. The minimum Gasteiger partial charge on any atom is -0.497 e. The molecule has 0 aliphatic carbocycles. The maximum absolute atomic E-state index is 11.9. The third kappa shape index (κ3) is 6.57. The van der Waals surface area contributed by atoms with Gasteiger partial charge in [0.1, 0.15) is 11.9 Å². The van der Waals surface area contributed by atoms with Gasteiger partial charge in [0, 0.05) is 24.8 Å². The molecule has 7 heteroatoms.